The summed E-state index contributed by atoms with van der Waals surface area (Å²) < 4.78 is 7.00. The Morgan fingerprint density at radius 1 is 0.429 bits per heavy atom. The van der Waals surface area contributed by atoms with Crippen molar-refractivity contribution >= 4 is 79.5 Å². The van der Waals surface area contributed by atoms with Gasteiger partial charge in [-0.15, -0.1) is 0 Å². The average molecular weight is 555 g/mol. The minimum Gasteiger partial charge on any atom is -0.456 e. The average Bonchev–Trinajstić information content (AvgIpc) is 3.05. The van der Waals surface area contributed by atoms with Crippen LogP contribution in [0.25, 0.3) is 21.5 Å². The number of anilines is 6. The second kappa shape index (κ2) is 8.22. The molecule has 7 aromatic rings. The highest BCUT2D eigenvalue weighted by molar-refractivity contribution is 7.82. The predicted molar refractivity (Wildman–Crippen MR) is 177 cm³/mol. The zero-order chi connectivity index (χ0) is 27.4. The van der Waals surface area contributed by atoms with Crippen LogP contribution in [0.15, 0.2) is 140 Å². The van der Waals surface area contributed by atoms with Gasteiger partial charge in [0.25, 0.3) is 0 Å². The first-order chi connectivity index (χ1) is 20.9. The van der Waals surface area contributed by atoms with Crippen molar-refractivity contribution < 1.29 is 4.74 Å². The highest BCUT2D eigenvalue weighted by Crippen LogP contribution is 2.63. The summed E-state index contributed by atoms with van der Waals surface area (Å²) in [5.41, 5.74) is 7.27. The molecule has 3 aliphatic rings. The Kier molecular flexibility index (Phi) is 4.42. The van der Waals surface area contributed by atoms with Crippen LogP contribution in [0.1, 0.15) is 0 Å². The zero-order valence-corrected chi connectivity index (χ0v) is 23.4. The van der Waals surface area contributed by atoms with Crippen molar-refractivity contribution in [2.45, 2.75) is 0 Å². The third-order valence-corrected chi connectivity index (χ3v) is 11.4. The van der Waals surface area contributed by atoms with E-state index >= 15 is 0 Å². The minimum absolute atomic E-state index is 0.892. The molecule has 0 fully saturated rings. The molecule has 7 aromatic carbocycles. The van der Waals surface area contributed by atoms with Gasteiger partial charge in [-0.05, 0) is 59.3 Å². The molecule has 4 heteroatoms. The number of benzene rings is 7. The first-order valence-electron chi connectivity index (χ1n) is 14.3. The molecular weight excluding hydrogens is 531 g/mol. The number of hydrogen-bond donors (Lipinski definition) is 0. The summed E-state index contributed by atoms with van der Waals surface area (Å²) in [4.78, 5) is 4.95. The topological polar surface area (TPSA) is 15.7 Å². The highest BCUT2D eigenvalue weighted by atomic mass is 31.1. The van der Waals surface area contributed by atoms with Crippen LogP contribution in [0.5, 0.6) is 11.5 Å². The number of fused-ring (bicyclic) bond motifs is 4. The number of rotatable bonds is 2. The Morgan fingerprint density at radius 2 is 0.881 bits per heavy atom. The molecule has 0 aliphatic carbocycles. The van der Waals surface area contributed by atoms with E-state index in [9.17, 15) is 0 Å². The summed E-state index contributed by atoms with van der Waals surface area (Å²) in [6, 6.07) is 50.4. The van der Waals surface area contributed by atoms with E-state index in [1.54, 1.807) is 0 Å². The maximum absolute atomic E-state index is 7.00. The van der Waals surface area contributed by atoms with Crippen LogP contribution in [0.2, 0.25) is 0 Å². The van der Waals surface area contributed by atoms with E-state index in [-0.39, 0.29) is 0 Å². The van der Waals surface area contributed by atoms with E-state index in [4.69, 9.17) is 4.74 Å². The summed E-state index contributed by atoms with van der Waals surface area (Å²) in [5, 5.41) is 8.88. The fourth-order valence-electron chi connectivity index (χ4n) is 7.12. The van der Waals surface area contributed by atoms with Gasteiger partial charge >= 0.3 is 0 Å². The standard InChI is InChI=1S/C38H23N2OP/c1-3-14-26(15-4-1)39-30-20-11-21-31-36(30)42-37-32(22-24-12-7-9-18-28(24)34(37)39)41-33-23-25-13-8-10-19-29(25)35(38(33)42)40(31)27-16-5-2-6-17-27/h1-23H. The van der Waals surface area contributed by atoms with Crippen LogP contribution < -0.4 is 30.5 Å². The summed E-state index contributed by atoms with van der Waals surface area (Å²) in [6.07, 6.45) is 0. The van der Waals surface area contributed by atoms with Crippen LogP contribution in [0.4, 0.5) is 34.1 Å². The van der Waals surface area contributed by atoms with Gasteiger partial charge in [-0.3, -0.25) is 0 Å². The van der Waals surface area contributed by atoms with Gasteiger partial charge in [-0.1, -0.05) is 91.0 Å². The highest BCUT2D eigenvalue weighted by Gasteiger charge is 2.47. The molecule has 3 heterocycles. The van der Waals surface area contributed by atoms with Gasteiger partial charge in [0.2, 0.25) is 0 Å². The molecule has 0 atom stereocenters. The smallest absolute Gasteiger partial charge is 0.138 e. The largest absolute Gasteiger partial charge is 0.456 e. The van der Waals surface area contributed by atoms with Crippen LogP contribution >= 0.6 is 7.92 Å². The van der Waals surface area contributed by atoms with Gasteiger partial charge in [0.15, 0.2) is 0 Å². The molecule has 0 radical (unpaired) electrons. The maximum Gasteiger partial charge on any atom is 0.138 e. The van der Waals surface area contributed by atoms with Crippen molar-refractivity contribution in [1.29, 1.82) is 0 Å². The fraction of sp³-hybridized carbons (Fsp3) is 0. The first-order valence-corrected chi connectivity index (χ1v) is 15.6. The van der Waals surface area contributed by atoms with Crippen molar-refractivity contribution in [3.8, 4) is 11.5 Å². The van der Waals surface area contributed by atoms with E-state index < -0.39 is 7.92 Å². The molecule has 0 saturated heterocycles. The lowest BCUT2D eigenvalue weighted by molar-refractivity contribution is 0.490. The van der Waals surface area contributed by atoms with Gasteiger partial charge < -0.3 is 14.5 Å². The van der Waals surface area contributed by atoms with Crippen LogP contribution in [-0.2, 0) is 0 Å². The van der Waals surface area contributed by atoms with Gasteiger partial charge in [-0.2, -0.15) is 0 Å². The van der Waals surface area contributed by atoms with E-state index in [0.717, 1.165) is 22.9 Å². The molecule has 42 heavy (non-hydrogen) atoms. The van der Waals surface area contributed by atoms with E-state index in [1.807, 2.05) is 0 Å². The molecule has 3 nitrogen and oxygen atoms in total. The third kappa shape index (κ3) is 2.84. The summed E-state index contributed by atoms with van der Waals surface area (Å²) >= 11 is 0. The lowest BCUT2D eigenvalue weighted by atomic mass is 10.0. The number of para-hydroxylation sites is 2. The second-order valence-corrected chi connectivity index (χ2v) is 13.0. The Hall–Kier alpha value is -5.11. The molecule has 0 unspecified atom stereocenters. The Balaban J connectivity index is 1.42. The Bertz CT molecular complexity index is 2090. The molecule has 196 valence electrons. The van der Waals surface area contributed by atoms with Crippen molar-refractivity contribution in [3.05, 3.63) is 140 Å². The first kappa shape index (κ1) is 22.6. The Labute approximate surface area is 244 Å². The van der Waals surface area contributed by atoms with Gasteiger partial charge in [0.1, 0.15) is 11.5 Å². The van der Waals surface area contributed by atoms with Gasteiger partial charge in [-0.25, -0.2) is 0 Å². The molecule has 3 aliphatic heterocycles. The van der Waals surface area contributed by atoms with E-state index in [2.05, 4.69) is 149 Å². The van der Waals surface area contributed by atoms with Gasteiger partial charge in [0.05, 0.1) is 33.4 Å². The lowest BCUT2D eigenvalue weighted by Crippen LogP contribution is -2.43. The number of ether oxygens (including phenoxy) is 1. The normalized spacial score (nSPS) is 14.2. The van der Waals surface area contributed by atoms with Crippen LogP contribution in [-0.4, -0.2) is 0 Å². The number of nitrogens with zero attached hydrogens (tertiary/aromatic N) is 2. The summed E-state index contributed by atoms with van der Waals surface area (Å²) in [6.45, 7) is 0. The number of hydrogen-bond acceptors (Lipinski definition) is 3. The quantitative estimate of drug-likeness (QED) is 0.198. The van der Waals surface area contributed by atoms with E-state index in [0.29, 0.717) is 0 Å². The van der Waals surface area contributed by atoms with Gasteiger partial charge in [0, 0.05) is 35.4 Å². The summed E-state index contributed by atoms with van der Waals surface area (Å²) in [5.74, 6) is 1.94. The Morgan fingerprint density at radius 3 is 1.38 bits per heavy atom. The lowest BCUT2D eigenvalue weighted by Gasteiger charge is -2.48. The minimum atomic E-state index is -0.892. The molecule has 0 aromatic heterocycles. The van der Waals surface area contributed by atoms with Crippen LogP contribution in [0, 0.1) is 0 Å². The third-order valence-electron chi connectivity index (χ3n) is 8.76. The SMILES string of the molecule is c1ccc(N2c3cccc4c3P3c5c(cc6ccccc6c52)Oc2cc5ccccc5c(c23)N4c2ccccc2)cc1. The molecular formula is C38H23N2OP. The van der Waals surface area contributed by atoms with Crippen molar-refractivity contribution in [1.82, 2.24) is 0 Å². The monoisotopic (exact) mass is 554 g/mol. The predicted octanol–water partition coefficient (Wildman–Crippen LogP) is 9.42. The molecule has 10 rings (SSSR count). The molecule has 0 saturated carbocycles. The van der Waals surface area contributed by atoms with E-state index in [1.165, 1.54) is 60.2 Å². The van der Waals surface area contributed by atoms with Crippen molar-refractivity contribution in [2.24, 2.45) is 0 Å². The zero-order valence-electron chi connectivity index (χ0n) is 22.5. The maximum atomic E-state index is 7.00. The fourth-order valence-corrected chi connectivity index (χ4v) is 10.1. The van der Waals surface area contributed by atoms with Crippen molar-refractivity contribution in [3.63, 3.8) is 0 Å². The summed E-state index contributed by atoms with van der Waals surface area (Å²) in [7, 11) is -0.892. The second-order valence-electron chi connectivity index (χ2n) is 11.0. The van der Waals surface area contributed by atoms with Crippen LogP contribution in [0.3, 0.4) is 0 Å². The molecule has 0 spiro atoms. The van der Waals surface area contributed by atoms with Crippen molar-refractivity contribution in [2.75, 3.05) is 9.80 Å². The molecule has 0 amide bonds. The molecule has 0 N–H and O–H groups in total. The molecule has 0 bridgehead atoms.